The summed E-state index contributed by atoms with van der Waals surface area (Å²) in [6.07, 6.45) is 0. The molecule has 0 radical (unpaired) electrons. The minimum Gasteiger partial charge on any atom is -0.425 e. The van der Waals surface area contributed by atoms with Crippen LogP contribution in [0, 0.1) is 0 Å². The van der Waals surface area contributed by atoms with Gasteiger partial charge in [-0.25, -0.2) is 4.79 Å². The summed E-state index contributed by atoms with van der Waals surface area (Å²) in [6.45, 7) is 1.73. The number of cyclic esters (lactones) is 1. The predicted octanol–water partition coefficient (Wildman–Crippen LogP) is 1.68. The predicted molar refractivity (Wildman–Crippen MR) is 46.2 cm³/mol. The Morgan fingerprint density at radius 2 is 2.08 bits per heavy atom. The monoisotopic (exact) mass is 178 g/mol. The van der Waals surface area contributed by atoms with Crippen molar-refractivity contribution in [3.8, 4) is 0 Å². The third-order valence-electron chi connectivity index (χ3n) is 2.31. The molecule has 0 fully saturated rings. The summed E-state index contributed by atoms with van der Waals surface area (Å²) >= 11 is 0. The lowest BCUT2D eigenvalue weighted by atomic mass is 10.0. The maximum Gasteiger partial charge on any atom is 0.341 e. The highest BCUT2D eigenvalue weighted by atomic mass is 16.7. The van der Waals surface area contributed by atoms with Gasteiger partial charge in [0.15, 0.2) is 0 Å². The standard InChI is InChI=1S/C10H10O3/c1-10(12-2)8-6-4-3-5-7(8)9(11)13-10/h3-6H,1-2H3. The minimum atomic E-state index is -0.909. The van der Waals surface area contributed by atoms with Gasteiger partial charge in [0.1, 0.15) is 0 Å². The van der Waals surface area contributed by atoms with E-state index in [0.29, 0.717) is 5.56 Å². The Morgan fingerprint density at radius 1 is 1.38 bits per heavy atom. The molecule has 1 aliphatic heterocycles. The van der Waals surface area contributed by atoms with Gasteiger partial charge in [0, 0.05) is 19.6 Å². The van der Waals surface area contributed by atoms with Gasteiger partial charge >= 0.3 is 5.97 Å². The zero-order valence-corrected chi connectivity index (χ0v) is 7.53. The number of benzene rings is 1. The summed E-state index contributed by atoms with van der Waals surface area (Å²) in [6, 6.07) is 7.24. The molecule has 0 amide bonds. The number of esters is 1. The highest BCUT2D eigenvalue weighted by molar-refractivity contribution is 5.94. The fourth-order valence-corrected chi connectivity index (χ4v) is 1.50. The second kappa shape index (κ2) is 2.57. The van der Waals surface area contributed by atoms with Crippen molar-refractivity contribution in [3.63, 3.8) is 0 Å². The highest BCUT2D eigenvalue weighted by Gasteiger charge is 2.41. The molecular formula is C10H10O3. The van der Waals surface area contributed by atoms with Crippen molar-refractivity contribution in [3.05, 3.63) is 35.4 Å². The van der Waals surface area contributed by atoms with Crippen molar-refractivity contribution in [2.75, 3.05) is 7.11 Å². The Labute approximate surface area is 76.3 Å². The molecule has 68 valence electrons. The van der Waals surface area contributed by atoms with E-state index < -0.39 is 5.79 Å². The first-order valence-electron chi connectivity index (χ1n) is 4.05. The molecule has 1 aliphatic rings. The zero-order chi connectivity index (χ0) is 9.47. The molecule has 1 aromatic carbocycles. The number of fused-ring (bicyclic) bond motifs is 1. The van der Waals surface area contributed by atoms with Crippen molar-refractivity contribution in [2.45, 2.75) is 12.7 Å². The summed E-state index contributed by atoms with van der Waals surface area (Å²) in [5.74, 6) is -1.23. The van der Waals surface area contributed by atoms with Gasteiger partial charge in [-0.3, -0.25) is 0 Å². The Kier molecular flexibility index (Phi) is 1.63. The molecule has 0 aromatic heterocycles. The maximum absolute atomic E-state index is 11.3. The SMILES string of the molecule is COC1(C)OC(=O)c2ccccc21. The molecule has 0 N–H and O–H groups in total. The number of hydrogen-bond acceptors (Lipinski definition) is 3. The van der Waals surface area contributed by atoms with Crippen molar-refractivity contribution >= 4 is 5.97 Å². The molecule has 0 aliphatic carbocycles. The first-order valence-corrected chi connectivity index (χ1v) is 4.05. The van der Waals surface area contributed by atoms with E-state index in [1.165, 1.54) is 7.11 Å². The number of rotatable bonds is 1. The lowest BCUT2D eigenvalue weighted by Crippen LogP contribution is -2.23. The molecule has 0 spiro atoms. The molecule has 1 aromatic rings. The van der Waals surface area contributed by atoms with E-state index in [1.807, 2.05) is 18.2 Å². The molecule has 3 heteroatoms. The van der Waals surface area contributed by atoms with Crippen LogP contribution in [0.2, 0.25) is 0 Å². The van der Waals surface area contributed by atoms with Crippen LogP contribution in [0.3, 0.4) is 0 Å². The molecule has 1 unspecified atom stereocenters. The van der Waals surface area contributed by atoms with Crippen molar-refractivity contribution < 1.29 is 14.3 Å². The van der Waals surface area contributed by atoms with Gasteiger partial charge in [-0.2, -0.15) is 0 Å². The van der Waals surface area contributed by atoms with Crippen molar-refractivity contribution in [1.29, 1.82) is 0 Å². The quantitative estimate of drug-likeness (QED) is 0.614. The normalized spacial score (nSPS) is 25.5. The van der Waals surface area contributed by atoms with E-state index in [9.17, 15) is 4.79 Å². The number of carbonyl (C=O) groups is 1. The largest absolute Gasteiger partial charge is 0.425 e. The lowest BCUT2D eigenvalue weighted by Gasteiger charge is -2.21. The fourth-order valence-electron chi connectivity index (χ4n) is 1.50. The van der Waals surface area contributed by atoms with E-state index in [2.05, 4.69) is 0 Å². The van der Waals surface area contributed by atoms with Crippen LogP contribution in [-0.4, -0.2) is 13.1 Å². The van der Waals surface area contributed by atoms with Crippen LogP contribution in [0.15, 0.2) is 24.3 Å². The van der Waals surface area contributed by atoms with Gasteiger partial charge in [-0.1, -0.05) is 18.2 Å². The fraction of sp³-hybridized carbons (Fsp3) is 0.300. The van der Waals surface area contributed by atoms with Crippen LogP contribution in [0.25, 0.3) is 0 Å². The Hall–Kier alpha value is -1.35. The lowest BCUT2D eigenvalue weighted by molar-refractivity contribution is -0.172. The number of ether oxygens (including phenoxy) is 2. The average molecular weight is 178 g/mol. The van der Waals surface area contributed by atoms with Gasteiger partial charge in [-0.05, 0) is 6.07 Å². The average Bonchev–Trinajstić information content (AvgIpc) is 2.42. The first kappa shape index (κ1) is 8.26. The van der Waals surface area contributed by atoms with E-state index in [0.717, 1.165) is 5.56 Å². The number of methoxy groups -OCH3 is 1. The molecule has 0 saturated heterocycles. The van der Waals surface area contributed by atoms with E-state index in [4.69, 9.17) is 9.47 Å². The van der Waals surface area contributed by atoms with Gasteiger partial charge in [-0.15, -0.1) is 0 Å². The highest BCUT2D eigenvalue weighted by Crippen LogP contribution is 2.36. The molecule has 13 heavy (non-hydrogen) atoms. The molecule has 1 atom stereocenters. The van der Waals surface area contributed by atoms with Crippen LogP contribution in [0.4, 0.5) is 0 Å². The minimum absolute atomic E-state index is 0.319. The van der Waals surface area contributed by atoms with Crippen LogP contribution >= 0.6 is 0 Å². The van der Waals surface area contributed by atoms with Gasteiger partial charge in [0.05, 0.1) is 5.56 Å². The number of hydrogen-bond donors (Lipinski definition) is 0. The Bertz CT molecular complexity index is 359. The van der Waals surface area contributed by atoms with Gasteiger partial charge in [0.2, 0.25) is 5.79 Å². The molecule has 1 heterocycles. The third-order valence-corrected chi connectivity index (χ3v) is 2.31. The molecule has 3 nitrogen and oxygen atoms in total. The van der Waals surface area contributed by atoms with E-state index in [1.54, 1.807) is 13.0 Å². The second-order valence-corrected chi connectivity index (χ2v) is 3.08. The summed E-state index contributed by atoms with van der Waals surface area (Å²) in [7, 11) is 1.52. The van der Waals surface area contributed by atoms with Crippen LogP contribution in [0.1, 0.15) is 22.8 Å². The Morgan fingerprint density at radius 3 is 2.77 bits per heavy atom. The maximum atomic E-state index is 11.3. The van der Waals surface area contributed by atoms with E-state index >= 15 is 0 Å². The second-order valence-electron chi connectivity index (χ2n) is 3.08. The van der Waals surface area contributed by atoms with Crippen molar-refractivity contribution in [1.82, 2.24) is 0 Å². The first-order chi connectivity index (χ1) is 6.17. The molecule has 0 bridgehead atoms. The Balaban J connectivity index is 2.59. The summed E-state index contributed by atoms with van der Waals surface area (Å²) in [4.78, 5) is 11.3. The molecule has 2 rings (SSSR count). The molecule has 0 saturated carbocycles. The third kappa shape index (κ3) is 1.04. The molecular weight excluding hydrogens is 168 g/mol. The van der Waals surface area contributed by atoms with Crippen molar-refractivity contribution in [2.24, 2.45) is 0 Å². The number of carbonyl (C=O) groups excluding carboxylic acids is 1. The summed E-state index contributed by atoms with van der Waals surface area (Å²) < 4.78 is 10.3. The van der Waals surface area contributed by atoms with Crippen LogP contribution < -0.4 is 0 Å². The summed E-state index contributed by atoms with van der Waals surface area (Å²) in [5, 5.41) is 0. The summed E-state index contributed by atoms with van der Waals surface area (Å²) in [5.41, 5.74) is 1.38. The van der Waals surface area contributed by atoms with E-state index in [-0.39, 0.29) is 5.97 Å². The topological polar surface area (TPSA) is 35.5 Å². The van der Waals surface area contributed by atoms with Gasteiger partial charge in [0.25, 0.3) is 0 Å². The van der Waals surface area contributed by atoms with Crippen LogP contribution in [-0.2, 0) is 15.3 Å². The van der Waals surface area contributed by atoms with Crippen LogP contribution in [0.5, 0.6) is 0 Å². The zero-order valence-electron chi connectivity index (χ0n) is 7.53. The smallest absolute Gasteiger partial charge is 0.341 e. The van der Waals surface area contributed by atoms with Gasteiger partial charge < -0.3 is 9.47 Å².